The van der Waals surface area contributed by atoms with Gasteiger partial charge in [0, 0.05) is 6.54 Å². The third-order valence-corrected chi connectivity index (χ3v) is 3.01. The Morgan fingerprint density at radius 1 is 1.50 bits per heavy atom. The number of nitrogens with one attached hydrogen (secondary N) is 1. The summed E-state index contributed by atoms with van der Waals surface area (Å²) < 4.78 is 0. The highest BCUT2D eigenvalue weighted by Crippen LogP contribution is 2.33. The smallest absolute Gasteiger partial charge is 0.330 e. The maximum atomic E-state index is 11.0. The Balaban J connectivity index is 1.99. The van der Waals surface area contributed by atoms with Crippen molar-refractivity contribution < 1.29 is 9.90 Å². The van der Waals surface area contributed by atoms with E-state index in [1.54, 1.807) is 6.34 Å². The minimum Gasteiger partial charge on any atom is -0.480 e. The molecule has 5 nitrogen and oxygen atoms in total. The molecular weight excluding hydrogens is 206 g/mol. The minimum absolute atomic E-state index is 0.118. The molecule has 2 unspecified atom stereocenters. The highest BCUT2D eigenvalue weighted by molar-refractivity contribution is 5.94. The largest absolute Gasteiger partial charge is 0.480 e. The molecule has 1 aromatic carbocycles. The zero-order valence-corrected chi connectivity index (χ0v) is 8.50. The molecule has 0 bridgehead atoms. The van der Waals surface area contributed by atoms with Crippen LogP contribution in [-0.4, -0.2) is 36.0 Å². The number of carboxylic acid groups (broad SMARTS) is 1. The predicted octanol–water partition coefficient (Wildman–Crippen LogP) is 0.782. The summed E-state index contributed by atoms with van der Waals surface area (Å²) in [5.41, 5.74) is 2.02. The molecule has 5 heteroatoms. The van der Waals surface area contributed by atoms with Crippen molar-refractivity contribution in [2.45, 2.75) is 12.1 Å². The number of anilines is 2. The second-order valence-corrected chi connectivity index (χ2v) is 3.92. The highest BCUT2D eigenvalue weighted by Gasteiger charge is 2.39. The number of aliphatic carboxylic acids is 1. The average Bonchev–Trinajstić information content (AvgIpc) is 2.73. The van der Waals surface area contributed by atoms with Gasteiger partial charge in [-0.1, -0.05) is 12.1 Å². The van der Waals surface area contributed by atoms with Crippen molar-refractivity contribution in [3.05, 3.63) is 24.3 Å². The van der Waals surface area contributed by atoms with Crippen LogP contribution in [0.1, 0.15) is 0 Å². The number of fused-ring (bicyclic) bond motifs is 3. The van der Waals surface area contributed by atoms with Crippen molar-refractivity contribution >= 4 is 23.7 Å². The number of para-hydroxylation sites is 2. The summed E-state index contributed by atoms with van der Waals surface area (Å²) in [5, 5.41) is 12.3. The molecule has 0 saturated heterocycles. The molecule has 0 spiro atoms. The van der Waals surface area contributed by atoms with Crippen molar-refractivity contribution in [2.75, 3.05) is 16.8 Å². The number of hydrogen-bond donors (Lipinski definition) is 2. The molecule has 2 heterocycles. The van der Waals surface area contributed by atoms with Gasteiger partial charge in [-0.15, -0.1) is 0 Å². The van der Waals surface area contributed by atoms with E-state index in [9.17, 15) is 4.79 Å². The maximum absolute atomic E-state index is 11.0. The van der Waals surface area contributed by atoms with E-state index < -0.39 is 12.0 Å². The van der Waals surface area contributed by atoms with Crippen LogP contribution in [0.2, 0.25) is 0 Å². The first-order valence-corrected chi connectivity index (χ1v) is 5.15. The molecular formula is C11H11N3O2. The molecule has 2 N–H and O–H groups in total. The Morgan fingerprint density at radius 3 is 3.12 bits per heavy atom. The number of hydrogen-bond acceptors (Lipinski definition) is 4. The minimum atomic E-state index is -0.870. The van der Waals surface area contributed by atoms with Gasteiger partial charge in [-0.2, -0.15) is 0 Å². The molecule has 2 aliphatic rings. The molecule has 0 aromatic heterocycles. The van der Waals surface area contributed by atoms with E-state index in [1.807, 2.05) is 29.2 Å². The molecule has 3 rings (SSSR count). The predicted molar refractivity (Wildman–Crippen MR) is 61.1 cm³/mol. The third-order valence-electron chi connectivity index (χ3n) is 3.01. The quantitative estimate of drug-likeness (QED) is 0.729. The third kappa shape index (κ3) is 1.18. The Kier molecular flexibility index (Phi) is 1.86. The lowest BCUT2D eigenvalue weighted by Crippen LogP contribution is -2.47. The van der Waals surface area contributed by atoms with Gasteiger partial charge in [-0.05, 0) is 12.1 Å². The number of rotatable bonds is 1. The number of carbonyl (C=O) groups is 1. The fourth-order valence-corrected chi connectivity index (χ4v) is 2.22. The van der Waals surface area contributed by atoms with Gasteiger partial charge in [0.15, 0.2) is 6.04 Å². The van der Waals surface area contributed by atoms with E-state index in [2.05, 4.69) is 10.3 Å². The molecule has 0 radical (unpaired) electrons. The lowest BCUT2D eigenvalue weighted by Gasteiger charge is -2.33. The van der Waals surface area contributed by atoms with Crippen molar-refractivity contribution in [3.8, 4) is 0 Å². The molecule has 0 saturated carbocycles. The van der Waals surface area contributed by atoms with Gasteiger partial charge in [-0.3, -0.25) is 4.99 Å². The van der Waals surface area contributed by atoms with Gasteiger partial charge in [0.05, 0.1) is 23.8 Å². The summed E-state index contributed by atoms with van der Waals surface area (Å²) in [4.78, 5) is 17.0. The Hall–Kier alpha value is -2.04. The molecule has 1 aromatic rings. The summed E-state index contributed by atoms with van der Waals surface area (Å²) in [6.45, 7) is 0.605. The van der Waals surface area contributed by atoms with E-state index in [4.69, 9.17) is 5.11 Å². The summed E-state index contributed by atoms with van der Waals surface area (Å²) in [6, 6.07) is 7.05. The van der Waals surface area contributed by atoms with Gasteiger partial charge in [0.2, 0.25) is 0 Å². The summed E-state index contributed by atoms with van der Waals surface area (Å²) >= 11 is 0. The van der Waals surface area contributed by atoms with Crippen molar-refractivity contribution in [1.82, 2.24) is 0 Å². The zero-order chi connectivity index (χ0) is 11.1. The van der Waals surface area contributed by atoms with Crippen LogP contribution in [0.15, 0.2) is 29.3 Å². The monoisotopic (exact) mass is 217 g/mol. The zero-order valence-electron chi connectivity index (χ0n) is 8.50. The fraction of sp³-hybridized carbons (Fsp3) is 0.273. The van der Waals surface area contributed by atoms with Gasteiger partial charge in [0.1, 0.15) is 0 Å². The Morgan fingerprint density at radius 2 is 2.31 bits per heavy atom. The van der Waals surface area contributed by atoms with Gasteiger partial charge in [-0.25, -0.2) is 4.79 Å². The first-order chi connectivity index (χ1) is 7.77. The Labute approximate surface area is 92.4 Å². The first-order valence-electron chi connectivity index (χ1n) is 5.15. The molecule has 2 atom stereocenters. The van der Waals surface area contributed by atoms with Crippen molar-refractivity contribution in [3.63, 3.8) is 0 Å². The number of benzene rings is 1. The summed E-state index contributed by atoms with van der Waals surface area (Å²) in [7, 11) is 0. The SMILES string of the molecule is O=C(O)C1N=CN2c3ccccc3NCC12. The van der Waals surface area contributed by atoms with Gasteiger partial charge < -0.3 is 15.3 Å². The lowest BCUT2D eigenvalue weighted by atomic mass is 10.0. The van der Waals surface area contributed by atoms with Crippen LogP contribution >= 0.6 is 0 Å². The van der Waals surface area contributed by atoms with Crippen LogP contribution in [0.3, 0.4) is 0 Å². The van der Waals surface area contributed by atoms with E-state index >= 15 is 0 Å². The van der Waals surface area contributed by atoms with Crippen LogP contribution in [-0.2, 0) is 4.79 Å². The van der Waals surface area contributed by atoms with E-state index in [-0.39, 0.29) is 6.04 Å². The highest BCUT2D eigenvalue weighted by atomic mass is 16.4. The lowest BCUT2D eigenvalue weighted by molar-refractivity contribution is -0.138. The second kappa shape index (κ2) is 3.23. The topological polar surface area (TPSA) is 64.9 Å². The van der Waals surface area contributed by atoms with E-state index in [0.29, 0.717) is 6.54 Å². The van der Waals surface area contributed by atoms with Crippen LogP contribution in [0.25, 0.3) is 0 Å². The van der Waals surface area contributed by atoms with Crippen LogP contribution < -0.4 is 10.2 Å². The van der Waals surface area contributed by atoms with Crippen molar-refractivity contribution in [1.29, 1.82) is 0 Å². The molecule has 0 aliphatic carbocycles. The maximum Gasteiger partial charge on any atom is 0.330 e. The Bertz CT molecular complexity index is 472. The number of carboxylic acids is 1. The van der Waals surface area contributed by atoms with Gasteiger partial charge in [0.25, 0.3) is 0 Å². The number of aliphatic imine (C=N–C) groups is 1. The standard InChI is InChI=1S/C11H11N3O2/c15-11(16)10-9-5-12-7-3-1-2-4-8(7)14(9)6-13-10/h1-4,6,9-10,12H,5H2,(H,15,16). The summed E-state index contributed by atoms with van der Waals surface area (Å²) in [6.07, 6.45) is 1.63. The number of nitrogens with zero attached hydrogens (tertiary/aromatic N) is 2. The van der Waals surface area contributed by atoms with Crippen LogP contribution in [0.4, 0.5) is 11.4 Å². The molecule has 2 aliphatic heterocycles. The fourth-order valence-electron chi connectivity index (χ4n) is 2.22. The first kappa shape index (κ1) is 9.21. The second-order valence-electron chi connectivity index (χ2n) is 3.92. The molecule has 82 valence electrons. The van der Waals surface area contributed by atoms with E-state index in [1.165, 1.54) is 0 Å². The molecule has 0 fully saturated rings. The van der Waals surface area contributed by atoms with Crippen molar-refractivity contribution in [2.24, 2.45) is 4.99 Å². The molecule has 16 heavy (non-hydrogen) atoms. The summed E-state index contributed by atoms with van der Waals surface area (Å²) in [5.74, 6) is -0.870. The van der Waals surface area contributed by atoms with Crippen LogP contribution in [0.5, 0.6) is 0 Å². The van der Waals surface area contributed by atoms with Gasteiger partial charge >= 0.3 is 5.97 Å². The van der Waals surface area contributed by atoms with Crippen LogP contribution in [0, 0.1) is 0 Å². The average molecular weight is 217 g/mol. The molecule has 0 amide bonds. The normalized spacial score (nSPS) is 25.9. The van der Waals surface area contributed by atoms with E-state index in [0.717, 1.165) is 11.4 Å².